The van der Waals surface area contributed by atoms with Crippen LogP contribution >= 0.6 is 0 Å². The number of benzene rings is 1. The van der Waals surface area contributed by atoms with Gasteiger partial charge in [-0.3, -0.25) is 19.9 Å². The summed E-state index contributed by atoms with van der Waals surface area (Å²) in [6.45, 7) is 10.4. The van der Waals surface area contributed by atoms with Gasteiger partial charge in [0.05, 0.1) is 32.0 Å². The van der Waals surface area contributed by atoms with Crippen molar-refractivity contribution in [1.29, 1.82) is 0 Å². The molecule has 3 rings (SSSR count). The van der Waals surface area contributed by atoms with Crippen LogP contribution in [-0.2, 0) is 14.3 Å². The zero-order chi connectivity index (χ0) is 20.3. The lowest BCUT2D eigenvalue weighted by atomic mass is 10.0. The number of nitrogens with one attached hydrogen (secondary N) is 2. The van der Waals surface area contributed by atoms with Crippen LogP contribution < -0.4 is 15.1 Å². The fourth-order valence-corrected chi connectivity index (χ4v) is 3.77. The van der Waals surface area contributed by atoms with Gasteiger partial charge in [0.2, 0.25) is 5.91 Å². The predicted octanol–water partition coefficient (Wildman–Crippen LogP) is -0.203. The molecule has 8 nitrogen and oxygen atoms in total. The summed E-state index contributed by atoms with van der Waals surface area (Å²) in [5.74, 6) is -2.29. The Labute approximate surface area is 164 Å². The second-order valence-corrected chi connectivity index (χ2v) is 7.36. The van der Waals surface area contributed by atoms with Crippen LogP contribution in [0.4, 0.5) is 10.5 Å². The van der Waals surface area contributed by atoms with Gasteiger partial charge in [-0.15, -0.1) is 0 Å². The molecular weight excluding hydrogens is 360 g/mol. The summed E-state index contributed by atoms with van der Waals surface area (Å²) in [5.41, 5.74) is 3.18. The van der Waals surface area contributed by atoms with E-state index in [9.17, 15) is 14.4 Å². The van der Waals surface area contributed by atoms with Crippen LogP contribution in [-0.4, -0.2) is 63.5 Å². The van der Waals surface area contributed by atoms with Crippen LogP contribution in [0.15, 0.2) is 17.1 Å². The highest BCUT2D eigenvalue weighted by Crippen LogP contribution is 2.29. The Kier molecular flexibility index (Phi) is 6.21. The summed E-state index contributed by atoms with van der Waals surface area (Å²) >= 11 is 0. The number of imide groups is 2. The minimum atomic E-state index is -1.10. The summed E-state index contributed by atoms with van der Waals surface area (Å²) in [4.78, 5) is 44.3. The third kappa shape index (κ3) is 4.28. The van der Waals surface area contributed by atoms with E-state index < -0.39 is 23.8 Å². The number of carbonyl (C=O) groups excluding carboxylic acids is 3. The van der Waals surface area contributed by atoms with E-state index in [2.05, 4.69) is 10.3 Å². The number of rotatable bonds is 5. The molecule has 8 heteroatoms. The molecular formula is C20H27N4O4+. The number of carbonyl (C=O) groups is 3. The van der Waals surface area contributed by atoms with Crippen molar-refractivity contribution in [2.45, 2.75) is 20.8 Å². The molecule has 2 aliphatic rings. The lowest BCUT2D eigenvalue weighted by Gasteiger charge is -2.30. The van der Waals surface area contributed by atoms with Gasteiger partial charge in [-0.1, -0.05) is 17.7 Å². The Hall–Kier alpha value is -2.58. The molecule has 4 amide bonds. The highest BCUT2D eigenvalue weighted by atomic mass is 16.5. The number of quaternary nitrogens is 1. The second kappa shape index (κ2) is 8.62. The average molecular weight is 387 g/mol. The Bertz CT molecular complexity index is 791. The molecule has 0 aliphatic carbocycles. The lowest BCUT2D eigenvalue weighted by Crippen LogP contribution is -3.14. The van der Waals surface area contributed by atoms with Gasteiger partial charge in [-0.2, -0.15) is 0 Å². The third-order valence-corrected chi connectivity index (χ3v) is 5.11. The number of nitrogens with zero attached hydrogens (tertiary/aromatic N) is 2. The molecule has 1 atom stereocenters. The largest absolute Gasteiger partial charge is 0.370 e. The van der Waals surface area contributed by atoms with E-state index >= 15 is 0 Å². The maximum Gasteiger partial charge on any atom is 0.335 e. The first-order chi connectivity index (χ1) is 13.4. The minimum absolute atomic E-state index is 0.517. The van der Waals surface area contributed by atoms with Crippen molar-refractivity contribution in [2.75, 3.05) is 44.3 Å². The monoisotopic (exact) mass is 387 g/mol. The van der Waals surface area contributed by atoms with E-state index in [0.717, 1.165) is 54.4 Å². The molecule has 150 valence electrons. The molecule has 28 heavy (non-hydrogen) atoms. The number of aliphatic imine (C=N–C) groups is 1. The SMILES string of the molecule is Cc1cc(C)c(N2C(=O)NC(=O)[C@@H](C=NCC[NH+]3CCOCC3)C2=O)c(C)c1. The van der Waals surface area contributed by atoms with Crippen LogP contribution in [0.1, 0.15) is 16.7 Å². The smallest absolute Gasteiger partial charge is 0.335 e. The zero-order valence-corrected chi connectivity index (χ0v) is 16.6. The molecule has 0 radical (unpaired) electrons. The normalized spacial score (nSPS) is 21.5. The summed E-state index contributed by atoms with van der Waals surface area (Å²) in [6, 6.07) is 3.11. The minimum Gasteiger partial charge on any atom is -0.370 e. The third-order valence-electron chi connectivity index (χ3n) is 5.11. The number of amides is 4. The number of hydrogen-bond donors (Lipinski definition) is 2. The summed E-state index contributed by atoms with van der Waals surface area (Å²) in [6.07, 6.45) is 1.37. The zero-order valence-electron chi connectivity index (χ0n) is 16.6. The van der Waals surface area contributed by atoms with Gasteiger partial charge in [0.1, 0.15) is 13.1 Å². The van der Waals surface area contributed by atoms with Crippen LogP contribution in [0.2, 0.25) is 0 Å². The fraction of sp³-hybridized carbons (Fsp3) is 0.500. The Morgan fingerprint density at radius 2 is 1.82 bits per heavy atom. The summed E-state index contributed by atoms with van der Waals surface area (Å²) in [5, 5.41) is 2.28. The van der Waals surface area contributed by atoms with Gasteiger partial charge in [-0.25, -0.2) is 9.69 Å². The van der Waals surface area contributed by atoms with Crippen molar-refractivity contribution in [3.63, 3.8) is 0 Å². The van der Waals surface area contributed by atoms with Gasteiger partial charge in [-0.05, 0) is 31.9 Å². The van der Waals surface area contributed by atoms with E-state index in [1.165, 1.54) is 11.1 Å². The van der Waals surface area contributed by atoms with Gasteiger partial charge in [0.25, 0.3) is 5.91 Å². The van der Waals surface area contributed by atoms with Gasteiger partial charge in [0, 0.05) is 6.21 Å². The number of hydrogen-bond acceptors (Lipinski definition) is 5. The number of barbiturate groups is 1. The van der Waals surface area contributed by atoms with Gasteiger partial charge < -0.3 is 9.64 Å². The van der Waals surface area contributed by atoms with Crippen molar-refractivity contribution in [1.82, 2.24) is 5.32 Å². The molecule has 2 N–H and O–H groups in total. The molecule has 2 heterocycles. The van der Waals surface area contributed by atoms with Crippen LogP contribution in [0, 0.1) is 26.7 Å². The van der Waals surface area contributed by atoms with Crippen LogP contribution in [0.5, 0.6) is 0 Å². The van der Waals surface area contributed by atoms with Crippen molar-refractivity contribution in [3.8, 4) is 0 Å². The van der Waals surface area contributed by atoms with Crippen LogP contribution in [0.25, 0.3) is 0 Å². The molecule has 2 fully saturated rings. The van der Waals surface area contributed by atoms with E-state index in [1.807, 2.05) is 32.9 Å². The second-order valence-electron chi connectivity index (χ2n) is 7.36. The highest BCUT2D eigenvalue weighted by Gasteiger charge is 2.41. The molecule has 1 aromatic carbocycles. The first-order valence-electron chi connectivity index (χ1n) is 9.56. The standard InChI is InChI=1S/C20H26N4O4/c1-13-10-14(2)17(15(3)11-13)24-19(26)16(18(25)22-20(24)27)12-21-4-5-23-6-8-28-9-7-23/h10-12,16H,4-9H2,1-3H3,(H,22,25,27)/p+1/t16-/m1/s1. The Morgan fingerprint density at radius 1 is 1.18 bits per heavy atom. The molecule has 0 saturated carbocycles. The molecule has 0 spiro atoms. The number of ether oxygens (including phenoxy) is 1. The molecule has 2 aliphatic heterocycles. The Morgan fingerprint density at radius 3 is 2.46 bits per heavy atom. The van der Waals surface area contributed by atoms with E-state index in [4.69, 9.17) is 4.74 Å². The average Bonchev–Trinajstić information content (AvgIpc) is 2.63. The summed E-state index contributed by atoms with van der Waals surface area (Å²) < 4.78 is 5.33. The van der Waals surface area contributed by atoms with E-state index in [1.54, 1.807) is 0 Å². The molecule has 0 bridgehead atoms. The van der Waals surface area contributed by atoms with E-state index in [-0.39, 0.29) is 0 Å². The molecule has 1 aromatic rings. The molecule has 0 unspecified atom stereocenters. The maximum atomic E-state index is 13.0. The van der Waals surface area contributed by atoms with Crippen molar-refractivity contribution < 1.29 is 24.0 Å². The van der Waals surface area contributed by atoms with Crippen molar-refractivity contribution in [2.24, 2.45) is 10.9 Å². The number of morpholine rings is 1. The maximum absolute atomic E-state index is 13.0. The number of anilines is 1. The van der Waals surface area contributed by atoms with Gasteiger partial charge >= 0.3 is 6.03 Å². The first kappa shape index (κ1) is 20.2. The molecule has 2 saturated heterocycles. The quantitative estimate of drug-likeness (QED) is 0.541. The molecule has 0 aromatic heterocycles. The fourth-order valence-electron chi connectivity index (χ4n) is 3.77. The van der Waals surface area contributed by atoms with Crippen molar-refractivity contribution >= 4 is 29.7 Å². The lowest BCUT2D eigenvalue weighted by molar-refractivity contribution is -0.906. The highest BCUT2D eigenvalue weighted by molar-refractivity contribution is 6.32. The summed E-state index contributed by atoms with van der Waals surface area (Å²) in [7, 11) is 0. The Balaban J connectivity index is 1.74. The topological polar surface area (TPSA) is 92.5 Å². The number of urea groups is 1. The van der Waals surface area contributed by atoms with Crippen LogP contribution in [0.3, 0.4) is 0 Å². The van der Waals surface area contributed by atoms with Gasteiger partial charge in [0.15, 0.2) is 5.92 Å². The van der Waals surface area contributed by atoms with E-state index in [0.29, 0.717) is 12.2 Å². The number of aryl methyl sites for hydroxylation is 3. The van der Waals surface area contributed by atoms with Crippen molar-refractivity contribution in [3.05, 3.63) is 28.8 Å². The predicted molar refractivity (Wildman–Crippen MR) is 105 cm³/mol. The first-order valence-corrected chi connectivity index (χ1v) is 9.56.